The fourth-order valence-corrected chi connectivity index (χ4v) is 3.03. The molecule has 112 valence electrons. The number of anilines is 1. The SMILES string of the molecule is CC1CC1CNC(=O)N1CCCc2c(C(=O)O)cccc21. The minimum atomic E-state index is -0.930. The van der Waals surface area contributed by atoms with Crippen LogP contribution in [-0.4, -0.2) is 30.2 Å². The van der Waals surface area contributed by atoms with E-state index in [1.54, 1.807) is 17.0 Å². The van der Waals surface area contributed by atoms with Crippen molar-refractivity contribution in [1.29, 1.82) is 0 Å². The van der Waals surface area contributed by atoms with Gasteiger partial charge in [-0.05, 0) is 48.8 Å². The lowest BCUT2D eigenvalue weighted by Crippen LogP contribution is -2.43. The second-order valence-corrected chi connectivity index (χ2v) is 6.02. The van der Waals surface area contributed by atoms with E-state index in [1.807, 2.05) is 6.07 Å². The van der Waals surface area contributed by atoms with E-state index in [9.17, 15) is 14.7 Å². The Labute approximate surface area is 123 Å². The number of rotatable bonds is 3. The van der Waals surface area contributed by atoms with Crippen LogP contribution in [0.3, 0.4) is 0 Å². The van der Waals surface area contributed by atoms with Crippen molar-refractivity contribution in [3.63, 3.8) is 0 Å². The molecule has 0 aromatic heterocycles. The van der Waals surface area contributed by atoms with E-state index in [0.29, 0.717) is 36.9 Å². The first-order valence-corrected chi connectivity index (χ1v) is 7.48. The molecule has 1 aliphatic carbocycles. The number of benzene rings is 1. The predicted octanol–water partition coefficient (Wildman–Crippen LogP) is 2.50. The lowest BCUT2D eigenvalue weighted by Gasteiger charge is -2.30. The molecule has 2 atom stereocenters. The van der Waals surface area contributed by atoms with Gasteiger partial charge in [-0.3, -0.25) is 4.90 Å². The van der Waals surface area contributed by atoms with Gasteiger partial charge in [0.2, 0.25) is 0 Å². The van der Waals surface area contributed by atoms with Gasteiger partial charge in [0.1, 0.15) is 0 Å². The van der Waals surface area contributed by atoms with Gasteiger partial charge in [0.05, 0.1) is 5.56 Å². The fraction of sp³-hybridized carbons (Fsp3) is 0.500. The van der Waals surface area contributed by atoms with Crippen molar-refractivity contribution in [2.24, 2.45) is 11.8 Å². The number of carbonyl (C=O) groups is 2. The van der Waals surface area contributed by atoms with Crippen LogP contribution in [0.5, 0.6) is 0 Å². The Kier molecular flexibility index (Phi) is 3.57. The molecule has 2 N–H and O–H groups in total. The highest BCUT2D eigenvalue weighted by Gasteiger charge is 2.33. The Balaban J connectivity index is 1.78. The molecule has 1 aliphatic heterocycles. The third-order valence-electron chi connectivity index (χ3n) is 4.52. The van der Waals surface area contributed by atoms with Crippen molar-refractivity contribution in [3.8, 4) is 0 Å². The number of urea groups is 1. The molecule has 2 amide bonds. The minimum absolute atomic E-state index is 0.113. The molecule has 1 fully saturated rings. The largest absolute Gasteiger partial charge is 0.478 e. The van der Waals surface area contributed by atoms with E-state index >= 15 is 0 Å². The lowest BCUT2D eigenvalue weighted by atomic mass is 9.96. The molecule has 0 bridgehead atoms. The summed E-state index contributed by atoms with van der Waals surface area (Å²) in [5.74, 6) is 0.377. The van der Waals surface area contributed by atoms with Gasteiger partial charge in [0, 0.05) is 18.8 Å². The molecule has 2 unspecified atom stereocenters. The van der Waals surface area contributed by atoms with Gasteiger partial charge in [0.25, 0.3) is 0 Å². The van der Waals surface area contributed by atoms with Gasteiger partial charge in [-0.25, -0.2) is 9.59 Å². The summed E-state index contributed by atoms with van der Waals surface area (Å²) in [5.41, 5.74) is 1.81. The summed E-state index contributed by atoms with van der Waals surface area (Å²) < 4.78 is 0. The van der Waals surface area contributed by atoms with Crippen LogP contribution in [0.2, 0.25) is 0 Å². The molecule has 0 spiro atoms. The molecule has 3 rings (SSSR count). The van der Waals surface area contributed by atoms with Gasteiger partial charge < -0.3 is 10.4 Å². The molecule has 5 nitrogen and oxygen atoms in total. The van der Waals surface area contributed by atoms with Crippen molar-refractivity contribution in [1.82, 2.24) is 5.32 Å². The first kappa shape index (κ1) is 13.9. The van der Waals surface area contributed by atoms with Crippen molar-refractivity contribution >= 4 is 17.7 Å². The van der Waals surface area contributed by atoms with Crippen LogP contribution < -0.4 is 10.2 Å². The Hall–Kier alpha value is -2.04. The number of amides is 2. The monoisotopic (exact) mass is 288 g/mol. The van der Waals surface area contributed by atoms with Crippen LogP contribution in [-0.2, 0) is 6.42 Å². The predicted molar refractivity (Wildman–Crippen MR) is 79.7 cm³/mol. The van der Waals surface area contributed by atoms with Gasteiger partial charge in [0.15, 0.2) is 0 Å². The maximum absolute atomic E-state index is 12.3. The van der Waals surface area contributed by atoms with Crippen molar-refractivity contribution in [3.05, 3.63) is 29.3 Å². The van der Waals surface area contributed by atoms with Crippen LogP contribution in [0.25, 0.3) is 0 Å². The standard InChI is InChI=1S/C16H20N2O3/c1-10-8-11(10)9-17-16(21)18-7-3-5-12-13(15(19)20)4-2-6-14(12)18/h2,4,6,10-11H,3,5,7-9H2,1H3,(H,17,21)(H,19,20). The zero-order valence-electron chi connectivity index (χ0n) is 12.1. The second kappa shape index (κ2) is 5.39. The summed E-state index contributed by atoms with van der Waals surface area (Å²) in [6.45, 7) is 3.54. The van der Waals surface area contributed by atoms with E-state index in [1.165, 1.54) is 6.42 Å². The third-order valence-corrected chi connectivity index (χ3v) is 4.52. The normalized spacial score (nSPS) is 23.4. The summed E-state index contributed by atoms with van der Waals surface area (Å²) in [4.78, 5) is 25.3. The molecule has 5 heteroatoms. The highest BCUT2D eigenvalue weighted by molar-refractivity contribution is 5.97. The Morgan fingerprint density at radius 3 is 2.86 bits per heavy atom. The maximum atomic E-state index is 12.3. The van der Waals surface area contributed by atoms with E-state index in [-0.39, 0.29) is 6.03 Å². The maximum Gasteiger partial charge on any atom is 0.336 e. The van der Waals surface area contributed by atoms with Gasteiger partial charge in [-0.2, -0.15) is 0 Å². The molecule has 21 heavy (non-hydrogen) atoms. The molecule has 1 saturated carbocycles. The number of carboxylic acids is 1. The van der Waals surface area contributed by atoms with E-state index in [0.717, 1.165) is 17.7 Å². The number of aromatic carboxylic acids is 1. The number of carboxylic acid groups (broad SMARTS) is 1. The van der Waals surface area contributed by atoms with Gasteiger partial charge >= 0.3 is 12.0 Å². The number of nitrogens with one attached hydrogen (secondary N) is 1. The third kappa shape index (κ3) is 2.73. The minimum Gasteiger partial charge on any atom is -0.478 e. The van der Waals surface area contributed by atoms with Crippen molar-refractivity contribution < 1.29 is 14.7 Å². The first-order valence-electron chi connectivity index (χ1n) is 7.48. The smallest absolute Gasteiger partial charge is 0.336 e. The number of hydrogen-bond acceptors (Lipinski definition) is 2. The molecule has 1 aromatic rings. The summed E-state index contributed by atoms with van der Waals surface area (Å²) in [7, 11) is 0. The average Bonchev–Trinajstić information content (AvgIpc) is 3.19. The number of nitrogens with zero attached hydrogens (tertiary/aromatic N) is 1. The van der Waals surface area contributed by atoms with Crippen molar-refractivity contribution in [2.45, 2.75) is 26.2 Å². The molecular weight excluding hydrogens is 268 g/mol. The quantitative estimate of drug-likeness (QED) is 0.898. The summed E-state index contributed by atoms with van der Waals surface area (Å²) in [5, 5.41) is 12.2. The van der Waals surface area contributed by atoms with Crippen molar-refractivity contribution in [2.75, 3.05) is 18.0 Å². The molecule has 0 saturated heterocycles. The van der Waals surface area contributed by atoms with Crippen LogP contribution in [0.1, 0.15) is 35.7 Å². The van der Waals surface area contributed by atoms with Crippen LogP contribution in [0, 0.1) is 11.8 Å². The number of carbonyl (C=O) groups excluding carboxylic acids is 1. The first-order chi connectivity index (χ1) is 10.1. The molecule has 1 aromatic carbocycles. The number of fused-ring (bicyclic) bond motifs is 1. The zero-order valence-corrected chi connectivity index (χ0v) is 12.1. The Morgan fingerprint density at radius 1 is 1.43 bits per heavy atom. The van der Waals surface area contributed by atoms with Crippen LogP contribution in [0.15, 0.2) is 18.2 Å². The topological polar surface area (TPSA) is 69.6 Å². The summed E-state index contributed by atoms with van der Waals surface area (Å²) in [6.07, 6.45) is 2.69. The fourth-order valence-electron chi connectivity index (χ4n) is 3.03. The lowest BCUT2D eigenvalue weighted by molar-refractivity contribution is 0.0695. The number of hydrogen-bond donors (Lipinski definition) is 2. The zero-order chi connectivity index (χ0) is 15.0. The molecule has 1 heterocycles. The Morgan fingerprint density at radius 2 is 2.19 bits per heavy atom. The molecule has 2 aliphatic rings. The van der Waals surface area contributed by atoms with Gasteiger partial charge in [-0.15, -0.1) is 0 Å². The highest BCUT2D eigenvalue weighted by Crippen LogP contribution is 2.37. The van der Waals surface area contributed by atoms with E-state index in [4.69, 9.17) is 0 Å². The summed E-state index contributed by atoms with van der Waals surface area (Å²) >= 11 is 0. The van der Waals surface area contributed by atoms with Gasteiger partial charge in [-0.1, -0.05) is 13.0 Å². The highest BCUT2D eigenvalue weighted by atomic mass is 16.4. The van der Waals surface area contributed by atoms with Crippen LogP contribution in [0.4, 0.5) is 10.5 Å². The molecular formula is C16H20N2O3. The van der Waals surface area contributed by atoms with Crippen LogP contribution >= 0.6 is 0 Å². The Bertz CT molecular complexity index is 585. The van der Waals surface area contributed by atoms with E-state index < -0.39 is 5.97 Å². The summed E-state index contributed by atoms with van der Waals surface area (Å²) in [6, 6.07) is 5.03. The molecule has 0 radical (unpaired) electrons. The average molecular weight is 288 g/mol. The van der Waals surface area contributed by atoms with E-state index in [2.05, 4.69) is 12.2 Å². The second-order valence-electron chi connectivity index (χ2n) is 6.02.